The maximum Gasteiger partial charge on any atom is 0.321 e. The molecule has 4 amide bonds. The maximum absolute atomic E-state index is 12.3. The molecule has 0 aromatic heterocycles. The highest BCUT2D eigenvalue weighted by Crippen LogP contribution is 2.18. The van der Waals surface area contributed by atoms with E-state index in [9.17, 15) is 9.59 Å². The summed E-state index contributed by atoms with van der Waals surface area (Å²) < 4.78 is 0. The predicted molar refractivity (Wildman–Crippen MR) is 104 cm³/mol. The third-order valence-electron chi connectivity index (χ3n) is 5.13. The van der Waals surface area contributed by atoms with E-state index in [1.807, 2.05) is 6.07 Å². The van der Waals surface area contributed by atoms with E-state index in [1.165, 1.54) is 19.3 Å². The molecule has 0 spiro atoms. The Bertz CT molecular complexity index is 626. The van der Waals surface area contributed by atoms with Gasteiger partial charge in [-0.3, -0.25) is 0 Å². The van der Waals surface area contributed by atoms with Crippen molar-refractivity contribution in [1.29, 1.82) is 0 Å². The number of piperidine rings is 1. The van der Waals surface area contributed by atoms with Gasteiger partial charge >= 0.3 is 12.1 Å². The molecule has 142 valence electrons. The van der Waals surface area contributed by atoms with Crippen molar-refractivity contribution >= 4 is 29.4 Å². The molecule has 1 aromatic carbocycles. The van der Waals surface area contributed by atoms with Crippen molar-refractivity contribution in [3.63, 3.8) is 0 Å². The number of anilines is 1. The van der Waals surface area contributed by atoms with Gasteiger partial charge in [-0.05, 0) is 43.9 Å². The van der Waals surface area contributed by atoms with Crippen LogP contribution in [0.2, 0.25) is 5.02 Å². The number of nitrogens with zero attached hydrogens (tertiary/aromatic N) is 1. The molecule has 1 aliphatic heterocycles. The van der Waals surface area contributed by atoms with Crippen LogP contribution in [0.5, 0.6) is 0 Å². The van der Waals surface area contributed by atoms with Crippen molar-refractivity contribution in [1.82, 2.24) is 15.5 Å². The third-order valence-corrected chi connectivity index (χ3v) is 5.37. The number of urea groups is 2. The minimum atomic E-state index is -0.127. The first-order valence-corrected chi connectivity index (χ1v) is 9.86. The zero-order valence-corrected chi connectivity index (χ0v) is 15.7. The second-order valence-electron chi connectivity index (χ2n) is 7.15. The average molecular weight is 379 g/mol. The Hall–Kier alpha value is -1.95. The molecule has 1 aliphatic carbocycles. The monoisotopic (exact) mass is 378 g/mol. The molecule has 2 fully saturated rings. The Morgan fingerprint density at radius 3 is 2.27 bits per heavy atom. The van der Waals surface area contributed by atoms with Crippen LogP contribution in [0.3, 0.4) is 0 Å². The van der Waals surface area contributed by atoms with E-state index >= 15 is 0 Å². The highest BCUT2D eigenvalue weighted by molar-refractivity contribution is 6.30. The van der Waals surface area contributed by atoms with Gasteiger partial charge in [-0.15, -0.1) is 0 Å². The van der Waals surface area contributed by atoms with Crippen LogP contribution in [0.4, 0.5) is 15.3 Å². The van der Waals surface area contributed by atoms with E-state index in [0.717, 1.165) is 25.7 Å². The molecule has 0 radical (unpaired) electrons. The van der Waals surface area contributed by atoms with Crippen molar-refractivity contribution in [3.05, 3.63) is 29.3 Å². The Morgan fingerprint density at radius 1 is 0.962 bits per heavy atom. The summed E-state index contributed by atoms with van der Waals surface area (Å²) in [6.07, 6.45) is 7.36. The Balaban J connectivity index is 1.39. The first-order chi connectivity index (χ1) is 12.6. The zero-order valence-electron chi connectivity index (χ0n) is 15.0. The van der Waals surface area contributed by atoms with Gasteiger partial charge in [0.15, 0.2) is 0 Å². The molecule has 1 heterocycles. The van der Waals surface area contributed by atoms with E-state index in [4.69, 9.17) is 11.6 Å². The van der Waals surface area contributed by atoms with Gasteiger partial charge in [0.2, 0.25) is 0 Å². The first-order valence-electron chi connectivity index (χ1n) is 9.49. The minimum absolute atomic E-state index is 0.0706. The van der Waals surface area contributed by atoms with E-state index in [1.54, 1.807) is 23.1 Å². The molecule has 0 atom stereocenters. The summed E-state index contributed by atoms with van der Waals surface area (Å²) in [6, 6.07) is 7.35. The number of hydrogen-bond donors (Lipinski definition) is 3. The Labute approximate surface area is 159 Å². The van der Waals surface area contributed by atoms with Gasteiger partial charge < -0.3 is 20.9 Å². The molecular formula is C19H27ClN4O2. The topological polar surface area (TPSA) is 73.5 Å². The summed E-state index contributed by atoms with van der Waals surface area (Å²) in [5.41, 5.74) is 0.689. The number of likely N-dealkylation sites (tertiary alicyclic amines) is 1. The van der Waals surface area contributed by atoms with Crippen molar-refractivity contribution in [2.45, 2.75) is 57.0 Å². The lowest BCUT2D eigenvalue weighted by molar-refractivity contribution is 0.186. The molecule has 3 N–H and O–H groups in total. The first kappa shape index (κ1) is 18.8. The quantitative estimate of drug-likeness (QED) is 0.744. The third kappa shape index (κ3) is 5.53. The summed E-state index contributed by atoms with van der Waals surface area (Å²) in [5.74, 6) is 0. The van der Waals surface area contributed by atoms with Gasteiger partial charge in [0.1, 0.15) is 0 Å². The zero-order chi connectivity index (χ0) is 18.4. The van der Waals surface area contributed by atoms with Crippen molar-refractivity contribution in [3.8, 4) is 0 Å². The van der Waals surface area contributed by atoms with Crippen LogP contribution in [0, 0.1) is 0 Å². The largest absolute Gasteiger partial charge is 0.335 e. The van der Waals surface area contributed by atoms with Gasteiger partial charge in [0.25, 0.3) is 0 Å². The average Bonchev–Trinajstić information content (AvgIpc) is 2.63. The second-order valence-corrected chi connectivity index (χ2v) is 7.59. The van der Waals surface area contributed by atoms with Crippen molar-refractivity contribution in [2.75, 3.05) is 18.4 Å². The molecule has 7 heteroatoms. The number of rotatable bonds is 3. The van der Waals surface area contributed by atoms with E-state index in [2.05, 4.69) is 16.0 Å². The highest BCUT2D eigenvalue weighted by atomic mass is 35.5. The maximum atomic E-state index is 12.3. The van der Waals surface area contributed by atoms with E-state index in [0.29, 0.717) is 29.8 Å². The van der Waals surface area contributed by atoms with Crippen LogP contribution in [0.15, 0.2) is 24.3 Å². The standard InChI is InChI=1S/C19H27ClN4O2/c20-14-5-4-8-17(13-14)23-19(26)24-11-9-16(10-12-24)22-18(25)21-15-6-2-1-3-7-15/h4-5,8,13,15-16H,1-3,6-7,9-12H2,(H,23,26)(H2,21,22,25). The van der Waals surface area contributed by atoms with E-state index < -0.39 is 0 Å². The lowest BCUT2D eigenvalue weighted by atomic mass is 9.96. The van der Waals surface area contributed by atoms with Crippen LogP contribution in [0.1, 0.15) is 44.9 Å². The van der Waals surface area contributed by atoms with Crippen LogP contribution in [0.25, 0.3) is 0 Å². The number of hydrogen-bond acceptors (Lipinski definition) is 2. The van der Waals surface area contributed by atoms with Crippen LogP contribution < -0.4 is 16.0 Å². The summed E-state index contributed by atoms with van der Waals surface area (Å²) in [6.45, 7) is 1.25. The number of amides is 4. The predicted octanol–water partition coefficient (Wildman–Crippen LogP) is 3.97. The van der Waals surface area contributed by atoms with Crippen molar-refractivity contribution in [2.24, 2.45) is 0 Å². The summed E-state index contributed by atoms with van der Waals surface area (Å²) in [5, 5.41) is 9.60. The molecule has 0 bridgehead atoms. The SMILES string of the molecule is O=C(NC1CCCCC1)NC1CCN(C(=O)Nc2cccc(Cl)c2)CC1. The van der Waals surface area contributed by atoms with Crippen LogP contribution in [-0.4, -0.2) is 42.1 Å². The smallest absolute Gasteiger partial charge is 0.321 e. The summed E-state index contributed by atoms with van der Waals surface area (Å²) in [7, 11) is 0. The fourth-order valence-corrected chi connectivity index (χ4v) is 3.85. The Kier molecular flexibility index (Phi) is 6.61. The summed E-state index contributed by atoms with van der Waals surface area (Å²) in [4.78, 5) is 26.3. The number of benzene rings is 1. The molecule has 1 saturated heterocycles. The van der Waals surface area contributed by atoms with Crippen LogP contribution in [-0.2, 0) is 0 Å². The fourth-order valence-electron chi connectivity index (χ4n) is 3.66. The molecule has 0 unspecified atom stereocenters. The minimum Gasteiger partial charge on any atom is -0.335 e. The fraction of sp³-hybridized carbons (Fsp3) is 0.579. The van der Waals surface area contributed by atoms with E-state index in [-0.39, 0.29) is 18.1 Å². The number of carbonyl (C=O) groups excluding carboxylic acids is 2. The lowest BCUT2D eigenvalue weighted by Gasteiger charge is -2.33. The molecule has 6 nitrogen and oxygen atoms in total. The van der Waals surface area contributed by atoms with Gasteiger partial charge in [0, 0.05) is 35.9 Å². The number of nitrogens with one attached hydrogen (secondary N) is 3. The lowest BCUT2D eigenvalue weighted by Crippen LogP contribution is -2.51. The molecule has 1 saturated carbocycles. The molecule has 26 heavy (non-hydrogen) atoms. The molecule has 2 aliphatic rings. The number of carbonyl (C=O) groups is 2. The van der Waals surface area contributed by atoms with Crippen LogP contribution >= 0.6 is 11.6 Å². The molecule has 3 rings (SSSR count). The Morgan fingerprint density at radius 2 is 1.62 bits per heavy atom. The summed E-state index contributed by atoms with van der Waals surface area (Å²) >= 11 is 5.94. The normalized spacial score (nSPS) is 19.0. The second kappa shape index (κ2) is 9.12. The van der Waals surface area contributed by atoms with Gasteiger partial charge in [-0.2, -0.15) is 0 Å². The molecule has 1 aromatic rings. The van der Waals surface area contributed by atoms with Gasteiger partial charge in [-0.25, -0.2) is 9.59 Å². The number of halogens is 1. The highest BCUT2D eigenvalue weighted by Gasteiger charge is 2.25. The van der Waals surface area contributed by atoms with Gasteiger partial charge in [0.05, 0.1) is 0 Å². The van der Waals surface area contributed by atoms with Gasteiger partial charge in [-0.1, -0.05) is 36.9 Å². The van der Waals surface area contributed by atoms with Crippen molar-refractivity contribution < 1.29 is 9.59 Å². The molecular weight excluding hydrogens is 352 g/mol.